The van der Waals surface area contributed by atoms with Gasteiger partial charge >= 0.3 is 0 Å². The second kappa shape index (κ2) is 11.4. The van der Waals surface area contributed by atoms with Crippen LogP contribution in [-0.4, -0.2) is 27.4 Å². The molecule has 0 bridgehead atoms. The second-order valence-electron chi connectivity index (χ2n) is 5.36. The molecule has 0 fully saturated rings. The van der Waals surface area contributed by atoms with Gasteiger partial charge in [-0.05, 0) is 48.4 Å². The van der Waals surface area contributed by atoms with Gasteiger partial charge in [0, 0.05) is 6.54 Å². The van der Waals surface area contributed by atoms with Gasteiger partial charge in [-0.15, -0.1) is 12.4 Å². The standard InChI is InChI=1S/C20H25NO3.ClH/c1-4-13-24-19-10-7-17(14-20(19)23-3)15-21-12-11-16-5-8-18(22-2)9-6-16;/h4-10,14,21H,1,11-13,15H2,2-3H3;1H. The van der Waals surface area contributed by atoms with Crippen molar-refractivity contribution in [2.24, 2.45) is 0 Å². The van der Waals surface area contributed by atoms with E-state index in [9.17, 15) is 0 Å². The minimum Gasteiger partial charge on any atom is -0.497 e. The summed E-state index contributed by atoms with van der Waals surface area (Å²) in [5.74, 6) is 2.36. The van der Waals surface area contributed by atoms with Gasteiger partial charge in [0.25, 0.3) is 0 Å². The number of hydrogen-bond donors (Lipinski definition) is 1. The highest BCUT2D eigenvalue weighted by molar-refractivity contribution is 5.85. The molecule has 0 unspecified atom stereocenters. The smallest absolute Gasteiger partial charge is 0.161 e. The van der Waals surface area contributed by atoms with E-state index in [-0.39, 0.29) is 12.4 Å². The summed E-state index contributed by atoms with van der Waals surface area (Å²) in [6.45, 7) is 5.81. The molecule has 0 aliphatic carbocycles. The fourth-order valence-corrected chi connectivity index (χ4v) is 2.35. The Morgan fingerprint density at radius 3 is 2.32 bits per heavy atom. The zero-order chi connectivity index (χ0) is 17.2. The number of nitrogens with one attached hydrogen (secondary N) is 1. The van der Waals surface area contributed by atoms with Crippen LogP contribution in [0.25, 0.3) is 0 Å². The Bertz CT molecular complexity index is 644. The number of benzene rings is 2. The Labute approximate surface area is 156 Å². The van der Waals surface area contributed by atoms with E-state index in [0.717, 1.165) is 42.3 Å². The summed E-state index contributed by atoms with van der Waals surface area (Å²) in [5.41, 5.74) is 2.45. The van der Waals surface area contributed by atoms with E-state index in [4.69, 9.17) is 14.2 Å². The van der Waals surface area contributed by atoms with Gasteiger partial charge in [-0.2, -0.15) is 0 Å². The van der Waals surface area contributed by atoms with E-state index in [1.807, 2.05) is 30.3 Å². The molecule has 0 spiro atoms. The van der Waals surface area contributed by atoms with Gasteiger partial charge in [0.15, 0.2) is 11.5 Å². The van der Waals surface area contributed by atoms with E-state index < -0.39 is 0 Å². The molecule has 136 valence electrons. The third kappa shape index (κ3) is 6.69. The average Bonchev–Trinajstić information content (AvgIpc) is 2.64. The molecule has 5 heteroatoms. The summed E-state index contributed by atoms with van der Waals surface area (Å²) < 4.78 is 16.1. The first-order valence-electron chi connectivity index (χ1n) is 8.01. The predicted molar refractivity (Wildman–Crippen MR) is 104 cm³/mol. The summed E-state index contributed by atoms with van der Waals surface area (Å²) in [4.78, 5) is 0. The van der Waals surface area contributed by atoms with Crippen molar-refractivity contribution in [2.75, 3.05) is 27.4 Å². The number of ether oxygens (including phenoxy) is 3. The summed E-state index contributed by atoms with van der Waals surface area (Å²) in [7, 11) is 3.33. The van der Waals surface area contributed by atoms with Crippen LogP contribution in [0.15, 0.2) is 55.1 Å². The molecule has 0 heterocycles. The highest BCUT2D eigenvalue weighted by Crippen LogP contribution is 2.28. The highest BCUT2D eigenvalue weighted by atomic mass is 35.5. The van der Waals surface area contributed by atoms with Crippen LogP contribution in [0.3, 0.4) is 0 Å². The van der Waals surface area contributed by atoms with Gasteiger partial charge in [0.2, 0.25) is 0 Å². The molecule has 0 saturated heterocycles. The van der Waals surface area contributed by atoms with E-state index in [1.54, 1.807) is 20.3 Å². The summed E-state index contributed by atoms with van der Waals surface area (Å²) in [5, 5.41) is 3.45. The normalized spacial score (nSPS) is 9.84. The van der Waals surface area contributed by atoms with Crippen LogP contribution >= 0.6 is 12.4 Å². The Balaban J connectivity index is 0.00000312. The average molecular weight is 364 g/mol. The molecule has 25 heavy (non-hydrogen) atoms. The monoisotopic (exact) mass is 363 g/mol. The minimum atomic E-state index is 0. The first-order valence-corrected chi connectivity index (χ1v) is 8.01. The third-order valence-electron chi connectivity index (χ3n) is 3.66. The SMILES string of the molecule is C=CCOc1ccc(CNCCc2ccc(OC)cc2)cc1OC.Cl. The van der Waals surface area contributed by atoms with Gasteiger partial charge in [0.05, 0.1) is 14.2 Å². The fourth-order valence-electron chi connectivity index (χ4n) is 2.35. The van der Waals surface area contributed by atoms with Gasteiger partial charge in [-0.3, -0.25) is 0 Å². The maximum absolute atomic E-state index is 5.56. The predicted octanol–water partition coefficient (Wildman–Crippen LogP) is 4.02. The maximum atomic E-state index is 5.56. The van der Waals surface area contributed by atoms with Crippen molar-refractivity contribution >= 4 is 12.4 Å². The van der Waals surface area contributed by atoms with Crippen LogP contribution < -0.4 is 19.5 Å². The van der Waals surface area contributed by atoms with Gasteiger partial charge < -0.3 is 19.5 Å². The highest BCUT2D eigenvalue weighted by Gasteiger charge is 2.05. The van der Waals surface area contributed by atoms with Gasteiger partial charge in [-0.25, -0.2) is 0 Å². The molecule has 0 aliphatic rings. The van der Waals surface area contributed by atoms with Crippen molar-refractivity contribution in [1.82, 2.24) is 5.32 Å². The second-order valence-corrected chi connectivity index (χ2v) is 5.36. The van der Waals surface area contributed by atoms with Crippen molar-refractivity contribution in [3.05, 3.63) is 66.2 Å². The van der Waals surface area contributed by atoms with E-state index in [0.29, 0.717) is 6.61 Å². The van der Waals surface area contributed by atoms with Crippen LogP contribution in [0.1, 0.15) is 11.1 Å². The number of methoxy groups -OCH3 is 2. The molecule has 0 atom stereocenters. The lowest BCUT2D eigenvalue weighted by Crippen LogP contribution is -2.16. The molecule has 2 aromatic carbocycles. The molecular weight excluding hydrogens is 338 g/mol. The molecule has 0 amide bonds. The first-order chi connectivity index (χ1) is 11.8. The van der Waals surface area contributed by atoms with Crippen LogP contribution in [0, 0.1) is 0 Å². The Morgan fingerprint density at radius 1 is 0.960 bits per heavy atom. The molecular formula is C20H26ClNO3. The van der Waals surface area contributed by atoms with Gasteiger partial charge in [-0.1, -0.05) is 30.9 Å². The summed E-state index contributed by atoms with van der Waals surface area (Å²) >= 11 is 0. The quantitative estimate of drug-likeness (QED) is 0.511. The van der Waals surface area contributed by atoms with Crippen molar-refractivity contribution in [1.29, 1.82) is 0 Å². The van der Waals surface area contributed by atoms with Crippen molar-refractivity contribution in [3.63, 3.8) is 0 Å². The topological polar surface area (TPSA) is 39.7 Å². The summed E-state index contributed by atoms with van der Waals surface area (Å²) in [6.07, 6.45) is 2.69. The van der Waals surface area contributed by atoms with Crippen LogP contribution in [0.4, 0.5) is 0 Å². The van der Waals surface area contributed by atoms with Crippen molar-refractivity contribution in [3.8, 4) is 17.2 Å². The number of rotatable bonds is 10. The maximum Gasteiger partial charge on any atom is 0.161 e. The van der Waals surface area contributed by atoms with Crippen LogP contribution in [0.5, 0.6) is 17.2 Å². The number of hydrogen-bond acceptors (Lipinski definition) is 4. The Morgan fingerprint density at radius 2 is 1.68 bits per heavy atom. The number of halogens is 1. The van der Waals surface area contributed by atoms with Crippen molar-refractivity contribution < 1.29 is 14.2 Å². The lowest BCUT2D eigenvalue weighted by atomic mass is 10.1. The zero-order valence-corrected chi connectivity index (χ0v) is 15.6. The lowest BCUT2D eigenvalue weighted by molar-refractivity contribution is 0.326. The molecule has 0 radical (unpaired) electrons. The first kappa shape index (κ1) is 20.9. The summed E-state index contributed by atoms with van der Waals surface area (Å²) in [6, 6.07) is 14.1. The van der Waals surface area contributed by atoms with Crippen LogP contribution in [-0.2, 0) is 13.0 Å². The van der Waals surface area contributed by atoms with Gasteiger partial charge in [0.1, 0.15) is 12.4 Å². The molecule has 0 saturated carbocycles. The zero-order valence-electron chi connectivity index (χ0n) is 14.8. The Hall–Kier alpha value is -2.17. The van der Waals surface area contributed by atoms with Crippen molar-refractivity contribution in [2.45, 2.75) is 13.0 Å². The van der Waals surface area contributed by atoms with E-state index >= 15 is 0 Å². The molecule has 0 aliphatic heterocycles. The lowest BCUT2D eigenvalue weighted by Gasteiger charge is -2.11. The molecule has 0 aromatic heterocycles. The minimum absolute atomic E-state index is 0. The van der Waals surface area contributed by atoms with E-state index in [2.05, 4.69) is 24.0 Å². The molecule has 1 N–H and O–H groups in total. The Kier molecular flexibility index (Phi) is 9.51. The molecule has 2 rings (SSSR count). The fraction of sp³-hybridized carbons (Fsp3) is 0.300. The molecule has 2 aromatic rings. The van der Waals surface area contributed by atoms with E-state index in [1.165, 1.54) is 5.56 Å². The largest absolute Gasteiger partial charge is 0.497 e. The third-order valence-corrected chi connectivity index (χ3v) is 3.66. The molecule has 4 nitrogen and oxygen atoms in total. The van der Waals surface area contributed by atoms with Crippen LogP contribution in [0.2, 0.25) is 0 Å².